The molecule has 100 valence electrons. The van der Waals surface area contributed by atoms with E-state index in [0.29, 0.717) is 22.9 Å². The molecule has 3 aromatic rings. The van der Waals surface area contributed by atoms with E-state index in [9.17, 15) is 4.79 Å². The number of ketones is 1. The minimum atomic E-state index is 0.130. The highest BCUT2D eigenvalue weighted by atomic mass is 35.5. The molecule has 0 bridgehead atoms. The molecular weight excluding hydrogens is 274 g/mol. The van der Waals surface area contributed by atoms with Crippen LogP contribution in [0.15, 0.2) is 46.9 Å². The number of oxazole rings is 1. The third-order valence-corrected chi connectivity index (χ3v) is 3.25. The standard InChI is InChI=1S/C16H12ClNO2/c1-10(19)8-11-2-7-15-14(9-11)18-16(20-15)12-3-5-13(17)6-4-12/h2-7,9H,8H2,1H3. The van der Waals surface area contributed by atoms with Gasteiger partial charge in [0.2, 0.25) is 5.89 Å². The first-order chi connectivity index (χ1) is 9.61. The van der Waals surface area contributed by atoms with Gasteiger partial charge in [-0.05, 0) is 48.9 Å². The van der Waals surface area contributed by atoms with Crippen LogP contribution >= 0.6 is 11.6 Å². The van der Waals surface area contributed by atoms with Gasteiger partial charge in [-0.3, -0.25) is 4.79 Å². The van der Waals surface area contributed by atoms with Gasteiger partial charge in [-0.25, -0.2) is 4.98 Å². The quantitative estimate of drug-likeness (QED) is 0.721. The molecule has 0 aliphatic heterocycles. The summed E-state index contributed by atoms with van der Waals surface area (Å²) >= 11 is 5.86. The van der Waals surface area contributed by atoms with Gasteiger partial charge in [-0.1, -0.05) is 17.7 Å². The Morgan fingerprint density at radius 3 is 2.65 bits per heavy atom. The second kappa shape index (κ2) is 5.10. The third kappa shape index (κ3) is 2.58. The molecule has 3 rings (SSSR count). The fraction of sp³-hybridized carbons (Fsp3) is 0.125. The molecular formula is C16H12ClNO2. The Kier molecular flexibility index (Phi) is 3.28. The number of Topliss-reactive ketones (excluding diaryl/α,β-unsaturated/α-hetero) is 1. The van der Waals surface area contributed by atoms with Gasteiger partial charge < -0.3 is 4.42 Å². The van der Waals surface area contributed by atoms with Crippen molar-refractivity contribution in [2.45, 2.75) is 13.3 Å². The first-order valence-corrected chi connectivity index (χ1v) is 6.64. The van der Waals surface area contributed by atoms with Gasteiger partial charge in [-0.15, -0.1) is 0 Å². The molecule has 20 heavy (non-hydrogen) atoms. The van der Waals surface area contributed by atoms with Crippen molar-refractivity contribution in [3.05, 3.63) is 53.1 Å². The highest BCUT2D eigenvalue weighted by Gasteiger charge is 2.09. The molecule has 0 amide bonds. The summed E-state index contributed by atoms with van der Waals surface area (Å²) in [6, 6.07) is 13.0. The molecule has 0 saturated heterocycles. The van der Waals surface area contributed by atoms with Crippen LogP contribution in [0.5, 0.6) is 0 Å². The molecule has 0 aliphatic rings. The summed E-state index contributed by atoms with van der Waals surface area (Å²) in [6.45, 7) is 1.58. The Bertz CT molecular complexity index is 775. The van der Waals surface area contributed by atoms with E-state index in [1.165, 1.54) is 0 Å². The van der Waals surface area contributed by atoms with E-state index in [1.807, 2.05) is 30.3 Å². The predicted molar refractivity (Wildman–Crippen MR) is 78.8 cm³/mol. The van der Waals surface area contributed by atoms with Crippen LogP contribution < -0.4 is 0 Å². The summed E-state index contributed by atoms with van der Waals surface area (Å²) in [5.41, 5.74) is 3.29. The minimum absolute atomic E-state index is 0.130. The number of hydrogen-bond donors (Lipinski definition) is 0. The normalized spacial score (nSPS) is 10.9. The number of rotatable bonds is 3. The summed E-state index contributed by atoms with van der Waals surface area (Å²) in [4.78, 5) is 15.6. The molecule has 2 aromatic carbocycles. The fourth-order valence-corrected chi connectivity index (χ4v) is 2.21. The van der Waals surface area contributed by atoms with Crippen molar-refractivity contribution in [2.75, 3.05) is 0 Å². The van der Waals surface area contributed by atoms with Crippen LogP contribution in [0.1, 0.15) is 12.5 Å². The van der Waals surface area contributed by atoms with Crippen molar-refractivity contribution >= 4 is 28.5 Å². The third-order valence-electron chi connectivity index (χ3n) is 3.00. The molecule has 3 nitrogen and oxygen atoms in total. The number of hydrogen-bond acceptors (Lipinski definition) is 3. The van der Waals surface area contributed by atoms with Crippen LogP contribution in [0.25, 0.3) is 22.6 Å². The van der Waals surface area contributed by atoms with E-state index in [-0.39, 0.29) is 5.78 Å². The first kappa shape index (κ1) is 12.9. The Balaban J connectivity index is 2.01. The van der Waals surface area contributed by atoms with Crippen molar-refractivity contribution in [3.63, 3.8) is 0 Å². The molecule has 1 heterocycles. The maximum Gasteiger partial charge on any atom is 0.227 e. The van der Waals surface area contributed by atoms with E-state index in [1.54, 1.807) is 19.1 Å². The maximum absolute atomic E-state index is 11.2. The van der Waals surface area contributed by atoms with Gasteiger partial charge in [0.1, 0.15) is 11.3 Å². The maximum atomic E-state index is 11.2. The van der Waals surface area contributed by atoms with Crippen molar-refractivity contribution in [1.29, 1.82) is 0 Å². The molecule has 1 aromatic heterocycles. The number of carbonyl (C=O) groups is 1. The molecule has 0 unspecified atom stereocenters. The molecule has 0 atom stereocenters. The smallest absolute Gasteiger partial charge is 0.227 e. The zero-order chi connectivity index (χ0) is 14.1. The molecule has 0 spiro atoms. The average molecular weight is 286 g/mol. The van der Waals surface area contributed by atoms with Crippen molar-refractivity contribution in [1.82, 2.24) is 4.98 Å². The van der Waals surface area contributed by atoms with Crippen LogP contribution in [0.2, 0.25) is 5.02 Å². The number of nitrogens with zero attached hydrogens (tertiary/aromatic N) is 1. The highest BCUT2D eigenvalue weighted by Crippen LogP contribution is 2.26. The summed E-state index contributed by atoms with van der Waals surface area (Å²) in [5.74, 6) is 0.683. The molecule has 0 radical (unpaired) electrons. The molecule has 4 heteroatoms. The van der Waals surface area contributed by atoms with Gasteiger partial charge in [0.25, 0.3) is 0 Å². The number of aromatic nitrogens is 1. The van der Waals surface area contributed by atoms with Crippen molar-refractivity contribution < 1.29 is 9.21 Å². The van der Waals surface area contributed by atoms with E-state index in [0.717, 1.165) is 16.6 Å². The Morgan fingerprint density at radius 1 is 1.20 bits per heavy atom. The molecule has 0 saturated carbocycles. The second-order valence-corrected chi connectivity index (χ2v) is 5.14. The molecule has 0 N–H and O–H groups in total. The van der Waals surface area contributed by atoms with E-state index >= 15 is 0 Å². The molecule has 0 aliphatic carbocycles. The van der Waals surface area contributed by atoms with E-state index in [2.05, 4.69) is 4.98 Å². The van der Waals surface area contributed by atoms with E-state index < -0.39 is 0 Å². The monoisotopic (exact) mass is 285 g/mol. The lowest BCUT2D eigenvalue weighted by molar-refractivity contribution is -0.116. The summed E-state index contributed by atoms with van der Waals surface area (Å²) < 4.78 is 5.71. The summed E-state index contributed by atoms with van der Waals surface area (Å²) in [6.07, 6.45) is 0.416. The lowest BCUT2D eigenvalue weighted by atomic mass is 10.1. The predicted octanol–water partition coefficient (Wildman–Crippen LogP) is 4.28. The van der Waals surface area contributed by atoms with Gasteiger partial charge in [0.05, 0.1) is 0 Å². The summed E-state index contributed by atoms with van der Waals surface area (Å²) in [7, 11) is 0. The number of fused-ring (bicyclic) bond motifs is 1. The van der Waals surface area contributed by atoms with Crippen LogP contribution in [-0.2, 0) is 11.2 Å². The van der Waals surface area contributed by atoms with Crippen molar-refractivity contribution in [3.8, 4) is 11.5 Å². The van der Waals surface area contributed by atoms with Gasteiger partial charge in [0, 0.05) is 17.0 Å². The Hall–Kier alpha value is -2.13. The second-order valence-electron chi connectivity index (χ2n) is 4.71. The Morgan fingerprint density at radius 2 is 1.95 bits per heavy atom. The lowest BCUT2D eigenvalue weighted by Gasteiger charge is -1.95. The zero-order valence-electron chi connectivity index (χ0n) is 10.9. The number of benzene rings is 2. The van der Waals surface area contributed by atoms with E-state index in [4.69, 9.17) is 16.0 Å². The molecule has 0 fully saturated rings. The highest BCUT2D eigenvalue weighted by molar-refractivity contribution is 6.30. The summed E-state index contributed by atoms with van der Waals surface area (Å²) in [5, 5.41) is 0.675. The number of carbonyl (C=O) groups excluding carboxylic acids is 1. The minimum Gasteiger partial charge on any atom is -0.436 e. The number of halogens is 1. The SMILES string of the molecule is CC(=O)Cc1ccc2oc(-c3ccc(Cl)cc3)nc2c1. The average Bonchev–Trinajstić information content (AvgIpc) is 2.81. The van der Waals surface area contributed by atoms with Gasteiger partial charge in [-0.2, -0.15) is 0 Å². The zero-order valence-corrected chi connectivity index (χ0v) is 11.6. The Labute approximate surface area is 121 Å². The largest absolute Gasteiger partial charge is 0.436 e. The van der Waals surface area contributed by atoms with Crippen molar-refractivity contribution in [2.24, 2.45) is 0 Å². The van der Waals surface area contributed by atoms with Crippen LogP contribution in [-0.4, -0.2) is 10.8 Å². The van der Waals surface area contributed by atoms with Crippen LogP contribution in [0, 0.1) is 0 Å². The topological polar surface area (TPSA) is 43.1 Å². The van der Waals surface area contributed by atoms with Gasteiger partial charge >= 0.3 is 0 Å². The van der Waals surface area contributed by atoms with Crippen LogP contribution in [0.3, 0.4) is 0 Å². The first-order valence-electron chi connectivity index (χ1n) is 6.27. The fourth-order valence-electron chi connectivity index (χ4n) is 2.09. The van der Waals surface area contributed by atoms with Gasteiger partial charge in [0.15, 0.2) is 5.58 Å². The van der Waals surface area contributed by atoms with Crippen LogP contribution in [0.4, 0.5) is 0 Å². The lowest BCUT2D eigenvalue weighted by Crippen LogP contribution is -1.95.